The topological polar surface area (TPSA) is 58.6 Å². The molecule has 0 unspecified atom stereocenters. The predicted octanol–water partition coefficient (Wildman–Crippen LogP) is 4.30. The van der Waals surface area contributed by atoms with Gasteiger partial charge < -0.3 is 4.74 Å². The third-order valence-electron chi connectivity index (χ3n) is 2.57. The van der Waals surface area contributed by atoms with Gasteiger partial charge in [-0.05, 0) is 24.3 Å². The number of hydrogen-bond acceptors (Lipinski definition) is 3. The zero-order chi connectivity index (χ0) is 15.2. The molecule has 0 atom stereocenters. The first-order valence-corrected chi connectivity index (χ1v) is 6.70. The Kier molecular flexibility index (Phi) is 5.22. The van der Waals surface area contributed by atoms with Crippen molar-refractivity contribution in [2.24, 2.45) is 0 Å². The molecular formula is C15H11Cl2NO3. The number of para-hydroxylation sites is 2. The number of hydrogen-bond donors (Lipinski definition) is 2. The molecule has 2 aromatic rings. The van der Waals surface area contributed by atoms with E-state index in [1.54, 1.807) is 42.5 Å². The lowest BCUT2D eigenvalue weighted by Gasteiger charge is -2.11. The monoisotopic (exact) mass is 323 g/mol. The molecule has 0 aliphatic heterocycles. The average molecular weight is 324 g/mol. The van der Waals surface area contributed by atoms with E-state index in [1.165, 1.54) is 17.6 Å². The fourth-order valence-corrected chi connectivity index (χ4v) is 2.08. The van der Waals surface area contributed by atoms with Gasteiger partial charge in [-0.15, -0.1) is 0 Å². The summed E-state index contributed by atoms with van der Waals surface area (Å²) in [7, 11) is 0. The molecule has 0 saturated heterocycles. The van der Waals surface area contributed by atoms with Crippen LogP contribution < -0.4 is 10.2 Å². The maximum Gasteiger partial charge on any atom is 0.267 e. The molecule has 2 rings (SSSR count). The number of amides is 1. The summed E-state index contributed by atoms with van der Waals surface area (Å²) in [5, 5.41) is 9.24. The van der Waals surface area contributed by atoms with Crippen LogP contribution in [0.15, 0.2) is 48.5 Å². The molecule has 0 bridgehead atoms. The van der Waals surface area contributed by atoms with Gasteiger partial charge in [-0.3, -0.25) is 10.0 Å². The van der Waals surface area contributed by atoms with Gasteiger partial charge in [-0.2, -0.15) is 0 Å². The normalized spacial score (nSPS) is 10.6. The van der Waals surface area contributed by atoms with Crippen LogP contribution in [0.2, 0.25) is 10.0 Å². The summed E-state index contributed by atoms with van der Waals surface area (Å²) in [6.45, 7) is 0. The first-order valence-electron chi connectivity index (χ1n) is 5.95. The van der Waals surface area contributed by atoms with Crippen molar-refractivity contribution in [3.05, 3.63) is 64.1 Å². The molecule has 1 amide bonds. The van der Waals surface area contributed by atoms with E-state index in [-0.39, 0.29) is 0 Å². The van der Waals surface area contributed by atoms with Crippen molar-refractivity contribution >= 4 is 35.2 Å². The molecule has 0 spiro atoms. The lowest BCUT2D eigenvalue weighted by Crippen LogP contribution is -2.14. The zero-order valence-corrected chi connectivity index (χ0v) is 12.2. The summed E-state index contributed by atoms with van der Waals surface area (Å²) in [5.74, 6) is 0.184. The number of benzene rings is 2. The van der Waals surface area contributed by atoms with Crippen molar-refractivity contribution < 1.29 is 14.7 Å². The number of ether oxygens (including phenoxy) is 1. The Morgan fingerprint density at radius 3 is 2.43 bits per heavy atom. The molecule has 0 heterocycles. The van der Waals surface area contributed by atoms with Crippen LogP contribution in [0, 0.1) is 0 Å². The second kappa shape index (κ2) is 7.13. The minimum atomic E-state index is -0.638. The summed E-state index contributed by atoms with van der Waals surface area (Å²) < 4.78 is 5.73. The lowest BCUT2D eigenvalue weighted by atomic mass is 10.2. The van der Waals surface area contributed by atoms with Crippen molar-refractivity contribution in [3.8, 4) is 11.5 Å². The Bertz CT molecular complexity index is 666. The molecule has 0 radical (unpaired) electrons. The van der Waals surface area contributed by atoms with Gasteiger partial charge >= 0.3 is 0 Å². The smallest absolute Gasteiger partial charge is 0.267 e. The van der Waals surface area contributed by atoms with Gasteiger partial charge in [-0.1, -0.05) is 47.5 Å². The molecule has 0 saturated carbocycles. The molecule has 108 valence electrons. The average Bonchev–Trinajstić information content (AvgIpc) is 2.49. The molecule has 21 heavy (non-hydrogen) atoms. The molecular weight excluding hydrogens is 313 g/mol. The zero-order valence-electron chi connectivity index (χ0n) is 10.7. The van der Waals surface area contributed by atoms with E-state index in [4.69, 9.17) is 33.1 Å². The maximum absolute atomic E-state index is 11.0. The quantitative estimate of drug-likeness (QED) is 0.501. The standard InChI is InChI=1S/C15H11Cl2NO3/c16-11-5-3-6-12(17)15(11)21-13-7-2-1-4-10(13)8-9-14(19)18-20/h1-9,20H,(H,18,19)/b9-8+. The van der Waals surface area contributed by atoms with E-state index in [2.05, 4.69) is 0 Å². The van der Waals surface area contributed by atoms with Crippen LogP contribution >= 0.6 is 23.2 Å². The van der Waals surface area contributed by atoms with E-state index in [0.717, 1.165) is 0 Å². The van der Waals surface area contributed by atoms with Gasteiger partial charge in [0.2, 0.25) is 0 Å². The van der Waals surface area contributed by atoms with Crippen LogP contribution in [0.4, 0.5) is 0 Å². The Morgan fingerprint density at radius 1 is 1.10 bits per heavy atom. The highest BCUT2D eigenvalue weighted by molar-refractivity contribution is 6.37. The van der Waals surface area contributed by atoms with E-state index in [9.17, 15) is 4.79 Å². The first kappa shape index (κ1) is 15.4. The molecule has 0 aromatic heterocycles. The molecule has 0 fully saturated rings. The van der Waals surface area contributed by atoms with E-state index in [1.807, 2.05) is 0 Å². The molecule has 4 nitrogen and oxygen atoms in total. The lowest BCUT2D eigenvalue weighted by molar-refractivity contribution is -0.124. The number of hydroxylamine groups is 1. The van der Waals surface area contributed by atoms with Crippen LogP contribution in [0.5, 0.6) is 11.5 Å². The molecule has 0 aliphatic rings. The summed E-state index contributed by atoms with van der Waals surface area (Å²) in [6, 6.07) is 12.1. The molecule has 2 aromatic carbocycles. The highest BCUT2D eigenvalue weighted by Crippen LogP contribution is 2.37. The van der Waals surface area contributed by atoms with Gasteiger partial charge in [0.25, 0.3) is 5.91 Å². The second-order valence-electron chi connectivity index (χ2n) is 4.00. The third kappa shape index (κ3) is 3.98. The Labute approximate surface area is 131 Å². The SMILES string of the molecule is O=C(/C=C/c1ccccc1Oc1c(Cl)cccc1Cl)NO. The van der Waals surface area contributed by atoms with Gasteiger partial charge in [0, 0.05) is 11.6 Å². The predicted molar refractivity (Wildman–Crippen MR) is 81.9 cm³/mol. The van der Waals surface area contributed by atoms with Gasteiger partial charge in [0.1, 0.15) is 5.75 Å². The summed E-state index contributed by atoms with van der Waals surface area (Å²) in [6.07, 6.45) is 2.68. The van der Waals surface area contributed by atoms with E-state index >= 15 is 0 Å². The third-order valence-corrected chi connectivity index (χ3v) is 3.17. The highest BCUT2D eigenvalue weighted by Gasteiger charge is 2.09. The summed E-state index contributed by atoms with van der Waals surface area (Å²) in [5.41, 5.74) is 2.15. The van der Waals surface area contributed by atoms with Crippen molar-refractivity contribution in [2.45, 2.75) is 0 Å². The molecule has 2 N–H and O–H groups in total. The molecule has 0 aliphatic carbocycles. The minimum Gasteiger partial charge on any atom is -0.454 e. The van der Waals surface area contributed by atoms with Crippen LogP contribution in [0.3, 0.4) is 0 Å². The van der Waals surface area contributed by atoms with Crippen molar-refractivity contribution in [2.75, 3.05) is 0 Å². The summed E-state index contributed by atoms with van der Waals surface area (Å²) >= 11 is 12.1. The Hall–Kier alpha value is -2.01. The van der Waals surface area contributed by atoms with E-state index in [0.29, 0.717) is 27.1 Å². The van der Waals surface area contributed by atoms with Crippen molar-refractivity contribution in [3.63, 3.8) is 0 Å². The Morgan fingerprint density at radius 2 is 1.76 bits per heavy atom. The molecule has 6 heteroatoms. The maximum atomic E-state index is 11.0. The number of rotatable bonds is 4. The fourth-order valence-electron chi connectivity index (χ4n) is 1.60. The van der Waals surface area contributed by atoms with Gasteiger partial charge in [0.15, 0.2) is 5.75 Å². The van der Waals surface area contributed by atoms with E-state index < -0.39 is 5.91 Å². The van der Waals surface area contributed by atoms with Crippen molar-refractivity contribution in [1.82, 2.24) is 5.48 Å². The van der Waals surface area contributed by atoms with Gasteiger partial charge in [0.05, 0.1) is 10.0 Å². The van der Waals surface area contributed by atoms with Crippen molar-refractivity contribution in [1.29, 1.82) is 0 Å². The largest absolute Gasteiger partial charge is 0.454 e. The van der Waals surface area contributed by atoms with Crippen LogP contribution in [0.25, 0.3) is 6.08 Å². The number of carbonyl (C=O) groups is 1. The highest BCUT2D eigenvalue weighted by atomic mass is 35.5. The number of halogens is 2. The van der Waals surface area contributed by atoms with Crippen LogP contribution in [-0.2, 0) is 4.79 Å². The minimum absolute atomic E-state index is 0.341. The second-order valence-corrected chi connectivity index (χ2v) is 4.81. The van der Waals surface area contributed by atoms with Gasteiger partial charge in [-0.25, -0.2) is 5.48 Å². The van der Waals surface area contributed by atoms with Crippen LogP contribution in [0.1, 0.15) is 5.56 Å². The number of carbonyl (C=O) groups excluding carboxylic acids is 1. The first-order chi connectivity index (χ1) is 10.1. The fraction of sp³-hybridized carbons (Fsp3) is 0. The number of nitrogens with one attached hydrogen (secondary N) is 1. The van der Waals surface area contributed by atoms with Crippen LogP contribution in [-0.4, -0.2) is 11.1 Å². The Balaban J connectivity index is 2.33. The summed E-state index contributed by atoms with van der Waals surface area (Å²) in [4.78, 5) is 11.0.